The third-order valence-electron chi connectivity index (χ3n) is 6.97. The van der Waals surface area contributed by atoms with Gasteiger partial charge in [-0.3, -0.25) is 6.08 Å². The maximum atomic E-state index is 7.75. The van der Waals surface area contributed by atoms with Gasteiger partial charge in [-0.05, 0) is 11.1 Å². The first-order valence-corrected chi connectivity index (χ1v) is 16.5. The first-order chi connectivity index (χ1) is 17.4. The molecule has 2 aliphatic rings. The minimum atomic E-state index is 0. The number of allylic oxidation sites excluding steroid dienone is 4. The molecule has 0 spiro atoms. The second kappa shape index (κ2) is 22.9. The predicted octanol–water partition coefficient (Wildman–Crippen LogP) is 10.9. The van der Waals surface area contributed by atoms with Crippen LogP contribution in [0.2, 0.25) is 13.1 Å². The molecule has 0 aromatic heterocycles. The maximum Gasteiger partial charge on any atom is 0.0213 e. The average molecular weight is 681 g/mol. The Morgan fingerprint density at radius 3 is 1.30 bits per heavy atom. The first-order valence-electron chi connectivity index (χ1n) is 14.2. The molecular formula is C34H52HfNSi-2. The van der Waals surface area contributed by atoms with Gasteiger partial charge in [-0.15, -0.1) is 13.0 Å². The summed E-state index contributed by atoms with van der Waals surface area (Å²) in [6.45, 7) is 13.1. The summed E-state index contributed by atoms with van der Waals surface area (Å²) in [6, 6.07) is 21.0. The fourth-order valence-electron chi connectivity index (χ4n) is 4.41. The fourth-order valence-corrected chi connectivity index (χ4v) is 4.41. The SMILES string of the molecule is CC1=[C-]C(C)C(C)=C1C.C[SiH]C.[Hf].[NH-]C1CCCCCCCCCC1.c1ccc(-c2ccccc2)cc1. The van der Waals surface area contributed by atoms with Gasteiger partial charge in [0.25, 0.3) is 0 Å². The minimum Gasteiger partial charge on any atom is -0.675 e. The van der Waals surface area contributed by atoms with Crippen LogP contribution in [0.5, 0.6) is 0 Å². The van der Waals surface area contributed by atoms with Gasteiger partial charge in [0.2, 0.25) is 0 Å². The van der Waals surface area contributed by atoms with Gasteiger partial charge < -0.3 is 5.73 Å². The van der Waals surface area contributed by atoms with Crippen LogP contribution in [-0.4, -0.2) is 15.6 Å². The molecule has 203 valence electrons. The zero-order valence-electron chi connectivity index (χ0n) is 24.6. The second-order valence-corrected chi connectivity index (χ2v) is 11.4. The number of benzene rings is 2. The van der Waals surface area contributed by atoms with Crippen molar-refractivity contribution in [3.05, 3.63) is 89.2 Å². The summed E-state index contributed by atoms with van der Waals surface area (Å²) in [7, 11) is 0.750. The van der Waals surface area contributed by atoms with Crippen LogP contribution in [-0.2, 0) is 25.8 Å². The summed E-state index contributed by atoms with van der Waals surface area (Å²) < 4.78 is 0. The Balaban J connectivity index is 0.000000497. The van der Waals surface area contributed by atoms with E-state index in [0.29, 0.717) is 5.92 Å². The molecule has 1 N–H and O–H groups in total. The molecule has 37 heavy (non-hydrogen) atoms. The summed E-state index contributed by atoms with van der Waals surface area (Å²) in [6.07, 6.45) is 16.7. The van der Waals surface area contributed by atoms with E-state index in [1.807, 2.05) is 12.1 Å². The molecule has 0 saturated heterocycles. The van der Waals surface area contributed by atoms with E-state index in [2.05, 4.69) is 95.4 Å². The van der Waals surface area contributed by atoms with Crippen molar-refractivity contribution in [3.8, 4) is 11.1 Å². The number of hydrogen-bond donors (Lipinski definition) is 0. The molecule has 0 aliphatic heterocycles. The Bertz CT molecular complexity index is 810. The van der Waals surface area contributed by atoms with Gasteiger partial charge in [0, 0.05) is 35.4 Å². The fraction of sp³-hybridized carbons (Fsp3) is 0.529. The molecule has 1 saturated carbocycles. The summed E-state index contributed by atoms with van der Waals surface area (Å²) in [5, 5.41) is 0. The van der Waals surface area contributed by atoms with Crippen molar-refractivity contribution in [2.24, 2.45) is 5.92 Å². The van der Waals surface area contributed by atoms with Crippen LogP contribution in [0.15, 0.2) is 77.4 Å². The maximum absolute atomic E-state index is 7.75. The van der Waals surface area contributed by atoms with Crippen molar-refractivity contribution in [2.45, 2.75) is 111 Å². The molecule has 1 nitrogen and oxygen atoms in total. The van der Waals surface area contributed by atoms with Crippen molar-refractivity contribution in [3.63, 3.8) is 0 Å². The van der Waals surface area contributed by atoms with Gasteiger partial charge in [0.1, 0.15) is 0 Å². The van der Waals surface area contributed by atoms with Crippen molar-refractivity contribution >= 4 is 9.52 Å². The molecule has 1 fully saturated rings. The number of nitrogens with one attached hydrogen (secondary N) is 1. The zero-order chi connectivity index (χ0) is 26.6. The van der Waals surface area contributed by atoms with E-state index in [0.717, 1.165) is 22.4 Å². The molecule has 4 rings (SSSR count). The Kier molecular flexibility index (Phi) is 22.3. The minimum absolute atomic E-state index is 0. The molecule has 0 bridgehead atoms. The van der Waals surface area contributed by atoms with E-state index in [1.165, 1.54) is 79.2 Å². The van der Waals surface area contributed by atoms with Gasteiger partial charge in [-0.2, -0.15) is 11.1 Å². The zero-order valence-corrected chi connectivity index (χ0v) is 29.3. The first kappa shape index (κ1) is 36.0. The molecule has 2 aromatic rings. The number of hydrogen-bond acceptors (Lipinski definition) is 0. The topological polar surface area (TPSA) is 23.8 Å². The molecule has 1 radical (unpaired) electrons. The normalized spacial score (nSPS) is 18.2. The third kappa shape index (κ3) is 16.5. The molecule has 2 aromatic carbocycles. The van der Waals surface area contributed by atoms with Crippen LogP contribution in [0.25, 0.3) is 16.9 Å². The predicted molar refractivity (Wildman–Crippen MR) is 165 cm³/mol. The summed E-state index contributed by atoms with van der Waals surface area (Å²) in [5.74, 6) is 0.560. The van der Waals surface area contributed by atoms with E-state index >= 15 is 0 Å². The average Bonchev–Trinajstić information content (AvgIpc) is 3.09. The molecule has 3 heteroatoms. The van der Waals surface area contributed by atoms with Crippen molar-refractivity contribution in [1.82, 2.24) is 0 Å². The van der Waals surface area contributed by atoms with E-state index in [-0.39, 0.29) is 31.9 Å². The molecule has 1 unspecified atom stereocenters. The van der Waals surface area contributed by atoms with Crippen LogP contribution in [0.4, 0.5) is 0 Å². The van der Waals surface area contributed by atoms with Gasteiger partial charge in [0.15, 0.2) is 0 Å². The van der Waals surface area contributed by atoms with Gasteiger partial charge in [-0.25, -0.2) is 5.57 Å². The number of rotatable bonds is 1. The van der Waals surface area contributed by atoms with E-state index < -0.39 is 0 Å². The molecule has 0 amide bonds. The van der Waals surface area contributed by atoms with Crippen LogP contribution in [0.3, 0.4) is 0 Å². The standard InChI is InChI=1S/C12H10.C11H22N.C9H13.C2H7Si.Hf/c1-3-7-11(8-4-1)12-9-5-2-6-10-12;12-11-9-7-5-3-1-2-4-6-8-10-11;1-6-5-7(2)9(4)8(6)3;1-3-2;/h1-10H;11-12H,1-10H2;6H,1-4H3;3H,1-2H3;/q;2*-1;;. The van der Waals surface area contributed by atoms with E-state index in [1.54, 1.807) is 0 Å². The summed E-state index contributed by atoms with van der Waals surface area (Å²) in [5.41, 5.74) is 14.5. The molecular weight excluding hydrogens is 629 g/mol. The van der Waals surface area contributed by atoms with Crippen molar-refractivity contribution in [2.75, 3.05) is 0 Å². The van der Waals surface area contributed by atoms with E-state index in [9.17, 15) is 0 Å². The van der Waals surface area contributed by atoms with Crippen LogP contribution >= 0.6 is 0 Å². The summed E-state index contributed by atoms with van der Waals surface area (Å²) in [4.78, 5) is 0. The van der Waals surface area contributed by atoms with Gasteiger partial charge in [-0.1, -0.05) is 165 Å². The van der Waals surface area contributed by atoms with Crippen molar-refractivity contribution in [1.29, 1.82) is 0 Å². The van der Waals surface area contributed by atoms with Crippen LogP contribution in [0.1, 0.15) is 91.9 Å². The molecule has 0 heterocycles. The second-order valence-electron chi connectivity index (χ2n) is 10.2. The van der Waals surface area contributed by atoms with Gasteiger partial charge in [0.05, 0.1) is 0 Å². The largest absolute Gasteiger partial charge is 0.675 e. The van der Waals surface area contributed by atoms with Gasteiger partial charge >= 0.3 is 0 Å². The quantitative estimate of drug-likeness (QED) is 0.211. The van der Waals surface area contributed by atoms with E-state index in [4.69, 9.17) is 5.73 Å². The Labute approximate surface area is 251 Å². The smallest absolute Gasteiger partial charge is 0.0213 e. The Morgan fingerprint density at radius 2 is 1.03 bits per heavy atom. The monoisotopic (exact) mass is 682 g/mol. The molecule has 1 atom stereocenters. The van der Waals surface area contributed by atoms with Crippen LogP contribution < -0.4 is 0 Å². The van der Waals surface area contributed by atoms with Crippen LogP contribution in [0, 0.1) is 12.0 Å². The summed E-state index contributed by atoms with van der Waals surface area (Å²) >= 11 is 0. The Morgan fingerprint density at radius 1 is 0.676 bits per heavy atom. The van der Waals surface area contributed by atoms with Crippen molar-refractivity contribution < 1.29 is 25.8 Å². The molecule has 2 aliphatic carbocycles. The third-order valence-corrected chi connectivity index (χ3v) is 6.97. The Hall–Kier alpha value is -1.03.